The summed E-state index contributed by atoms with van der Waals surface area (Å²) >= 11 is 0. The molecule has 0 spiro atoms. The second-order valence-electron chi connectivity index (χ2n) is 6.08. The monoisotopic (exact) mass is 284 g/mol. The minimum atomic E-state index is -3.60. The Balaban J connectivity index is 2.13. The van der Waals surface area contributed by atoms with Crippen LogP contribution in [0.3, 0.4) is 0 Å². The van der Waals surface area contributed by atoms with Gasteiger partial charge in [0.25, 0.3) is 10.1 Å². The fourth-order valence-corrected chi connectivity index (χ4v) is 6.94. The van der Waals surface area contributed by atoms with Crippen LogP contribution in [0.1, 0.15) is 6.92 Å². The highest BCUT2D eigenvalue weighted by molar-refractivity contribution is 7.86. The van der Waals surface area contributed by atoms with Crippen LogP contribution in [-0.2, 0) is 14.3 Å². The van der Waals surface area contributed by atoms with Crippen molar-refractivity contribution in [2.45, 2.75) is 43.1 Å². The summed E-state index contributed by atoms with van der Waals surface area (Å²) in [6.45, 7) is 8.85. The molecule has 3 atom stereocenters. The Kier molecular flexibility index (Phi) is 3.42. The van der Waals surface area contributed by atoms with Crippen LogP contribution in [0.4, 0.5) is 0 Å². The molecular weight excluding hydrogens is 264 g/mol. The smallest absolute Gasteiger partial charge is 0.263 e. The van der Waals surface area contributed by atoms with E-state index in [1.165, 1.54) is 0 Å². The summed E-state index contributed by atoms with van der Waals surface area (Å²) < 4.78 is 29.6. The first kappa shape index (κ1) is 13.8. The molecule has 0 heterocycles. The van der Waals surface area contributed by atoms with E-state index in [0.29, 0.717) is 11.5 Å². The second kappa shape index (κ2) is 4.47. The van der Waals surface area contributed by atoms with E-state index in [4.69, 9.17) is 4.18 Å². The van der Waals surface area contributed by atoms with Gasteiger partial charge in [0.15, 0.2) is 0 Å². The fraction of sp³-hybridized carbons (Fsp3) is 0.538. The van der Waals surface area contributed by atoms with Crippen LogP contribution >= 0.6 is 0 Å². The van der Waals surface area contributed by atoms with E-state index in [2.05, 4.69) is 26.6 Å². The molecule has 2 rings (SSSR count). The predicted octanol–water partition coefficient (Wildman–Crippen LogP) is 3.12. The first-order valence-electron chi connectivity index (χ1n) is 6.22. The van der Waals surface area contributed by atoms with Gasteiger partial charge >= 0.3 is 0 Å². The van der Waals surface area contributed by atoms with Crippen molar-refractivity contribution in [3.8, 4) is 0 Å². The van der Waals surface area contributed by atoms with Crippen molar-refractivity contribution in [2.24, 2.45) is 5.92 Å². The third-order valence-electron chi connectivity index (χ3n) is 3.57. The lowest BCUT2D eigenvalue weighted by atomic mass is 10.4. The maximum atomic E-state index is 12.1. The molecule has 0 aromatic heterocycles. The summed E-state index contributed by atoms with van der Waals surface area (Å²) in [5.74, 6) is 0.357. The zero-order valence-corrected chi connectivity index (χ0v) is 13.1. The minimum Gasteiger partial charge on any atom is -0.263 e. The molecule has 1 fully saturated rings. The summed E-state index contributed by atoms with van der Waals surface area (Å²) in [6, 6.07) is 8.37. The van der Waals surface area contributed by atoms with Crippen LogP contribution in [0.2, 0.25) is 25.2 Å². The molecule has 0 saturated heterocycles. The number of benzene rings is 1. The Morgan fingerprint density at radius 2 is 1.67 bits per heavy atom. The van der Waals surface area contributed by atoms with Crippen LogP contribution in [0.25, 0.3) is 0 Å². The summed E-state index contributed by atoms with van der Waals surface area (Å²) in [5.41, 5.74) is 0.441. The number of hydrogen-bond donors (Lipinski definition) is 0. The zero-order valence-electron chi connectivity index (χ0n) is 11.3. The molecule has 5 heteroatoms. The standard InChI is InChI=1S/C13H20O3SSi/c1-10-12(13(10)18(2,3)4)16-17(14,15)11-8-6-5-7-9-11/h5-10,12-13H,1-4H3. The van der Waals surface area contributed by atoms with Gasteiger partial charge in [-0.15, -0.1) is 0 Å². The SMILES string of the molecule is CC1C(OS(=O)(=O)c2ccccc2)C1[Si](C)(C)C. The average molecular weight is 284 g/mol. The van der Waals surface area contributed by atoms with Crippen molar-refractivity contribution in [1.82, 2.24) is 0 Å². The van der Waals surface area contributed by atoms with E-state index < -0.39 is 18.2 Å². The maximum Gasteiger partial charge on any atom is 0.297 e. The summed E-state index contributed by atoms with van der Waals surface area (Å²) in [4.78, 5) is 0.249. The van der Waals surface area contributed by atoms with Crippen molar-refractivity contribution in [2.75, 3.05) is 0 Å². The molecule has 0 amide bonds. The molecule has 1 saturated carbocycles. The van der Waals surface area contributed by atoms with Crippen LogP contribution in [-0.4, -0.2) is 22.6 Å². The van der Waals surface area contributed by atoms with Crippen molar-refractivity contribution in [3.63, 3.8) is 0 Å². The molecule has 0 bridgehead atoms. The van der Waals surface area contributed by atoms with Gasteiger partial charge < -0.3 is 0 Å². The van der Waals surface area contributed by atoms with E-state index in [9.17, 15) is 8.42 Å². The molecule has 1 aromatic rings. The molecular formula is C13H20O3SSi. The quantitative estimate of drug-likeness (QED) is 0.630. The Morgan fingerprint density at radius 1 is 1.11 bits per heavy atom. The minimum absolute atomic E-state index is 0.123. The van der Waals surface area contributed by atoms with Crippen molar-refractivity contribution in [3.05, 3.63) is 30.3 Å². The largest absolute Gasteiger partial charge is 0.297 e. The Morgan fingerprint density at radius 3 is 2.11 bits per heavy atom. The summed E-state index contributed by atoms with van der Waals surface area (Å²) in [6.07, 6.45) is -0.123. The van der Waals surface area contributed by atoms with Crippen molar-refractivity contribution >= 4 is 18.2 Å². The summed E-state index contributed by atoms with van der Waals surface area (Å²) in [5, 5.41) is 0. The fourth-order valence-electron chi connectivity index (χ4n) is 2.64. The molecule has 1 aromatic carbocycles. The molecule has 0 aliphatic heterocycles. The highest BCUT2D eigenvalue weighted by atomic mass is 32.2. The van der Waals surface area contributed by atoms with Gasteiger partial charge in [-0.3, -0.25) is 4.18 Å². The summed E-state index contributed by atoms with van der Waals surface area (Å²) in [7, 11) is -4.94. The third-order valence-corrected chi connectivity index (χ3v) is 7.75. The van der Waals surface area contributed by atoms with Crippen molar-refractivity contribution in [1.29, 1.82) is 0 Å². The van der Waals surface area contributed by atoms with E-state index in [-0.39, 0.29) is 11.0 Å². The maximum absolute atomic E-state index is 12.1. The second-order valence-corrected chi connectivity index (χ2v) is 13.0. The average Bonchev–Trinajstić information content (AvgIpc) is 2.89. The highest BCUT2D eigenvalue weighted by Crippen LogP contribution is 2.54. The lowest BCUT2D eigenvalue weighted by Gasteiger charge is -2.15. The van der Waals surface area contributed by atoms with Gasteiger partial charge in [-0.05, 0) is 23.6 Å². The lowest BCUT2D eigenvalue weighted by Crippen LogP contribution is -2.23. The van der Waals surface area contributed by atoms with Gasteiger partial charge in [0.1, 0.15) is 0 Å². The molecule has 1 aliphatic rings. The van der Waals surface area contributed by atoms with E-state index in [1.807, 2.05) is 0 Å². The topological polar surface area (TPSA) is 43.4 Å². The van der Waals surface area contributed by atoms with Gasteiger partial charge in [0.05, 0.1) is 19.1 Å². The normalized spacial score (nSPS) is 28.1. The molecule has 18 heavy (non-hydrogen) atoms. The Hall–Kier alpha value is -0.653. The van der Waals surface area contributed by atoms with E-state index in [0.717, 1.165) is 0 Å². The van der Waals surface area contributed by atoms with Gasteiger partial charge in [0, 0.05) is 0 Å². The first-order chi connectivity index (χ1) is 8.23. The van der Waals surface area contributed by atoms with Gasteiger partial charge in [-0.1, -0.05) is 44.8 Å². The van der Waals surface area contributed by atoms with Crippen molar-refractivity contribution < 1.29 is 12.6 Å². The predicted molar refractivity (Wildman–Crippen MR) is 74.8 cm³/mol. The molecule has 0 radical (unpaired) electrons. The van der Waals surface area contributed by atoms with Gasteiger partial charge in [0.2, 0.25) is 0 Å². The molecule has 0 N–H and O–H groups in total. The molecule has 1 aliphatic carbocycles. The van der Waals surface area contributed by atoms with Crippen LogP contribution in [0, 0.1) is 5.92 Å². The highest BCUT2D eigenvalue weighted by Gasteiger charge is 2.56. The van der Waals surface area contributed by atoms with Gasteiger partial charge in [-0.2, -0.15) is 8.42 Å². The van der Waals surface area contributed by atoms with Crippen LogP contribution in [0.5, 0.6) is 0 Å². The van der Waals surface area contributed by atoms with E-state index >= 15 is 0 Å². The van der Waals surface area contributed by atoms with E-state index in [1.54, 1.807) is 30.3 Å². The number of hydrogen-bond acceptors (Lipinski definition) is 3. The molecule has 100 valence electrons. The third kappa shape index (κ3) is 2.68. The van der Waals surface area contributed by atoms with Gasteiger partial charge in [-0.25, -0.2) is 0 Å². The number of rotatable bonds is 4. The lowest BCUT2D eigenvalue weighted by molar-refractivity contribution is 0.291. The molecule has 3 unspecified atom stereocenters. The zero-order chi connectivity index (χ0) is 13.6. The Bertz CT molecular complexity index is 519. The van der Waals surface area contributed by atoms with Crippen LogP contribution in [0.15, 0.2) is 35.2 Å². The Labute approximate surface area is 110 Å². The molecule has 3 nitrogen and oxygen atoms in total. The first-order valence-corrected chi connectivity index (χ1v) is 11.2. The van der Waals surface area contributed by atoms with Crippen LogP contribution < -0.4 is 0 Å².